The minimum atomic E-state index is -0.156. The largest absolute Gasteiger partial charge is 0.465 e. The van der Waals surface area contributed by atoms with Crippen molar-refractivity contribution in [2.75, 3.05) is 18.9 Å². The van der Waals surface area contributed by atoms with Gasteiger partial charge >= 0.3 is 5.97 Å². The normalized spacial score (nSPS) is 14.3. The van der Waals surface area contributed by atoms with E-state index in [-0.39, 0.29) is 18.4 Å². The predicted octanol–water partition coefficient (Wildman–Crippen LogP) is 1.67. The van der Waals surface area contributed by atoms with Crippen molar-refractivity contribution >= 4 is 34.8 Å². The summed E-state index contributed by atoms with van der Waals surface area (Å²) in [5.74, 6) is -0.156. The Labute approximate surface area is 117 Å². The molecule has 18 heavy (non-hydrogen) atoms. The number of rotatable bonds is 6. The van der Waals surface area contributed by atoms with Crippen molar-refractivity contribution in [3.05, 3.63) is 11.1 Å². The number of hydrogen-bond donors (Lipinski definition) is 1. The highest BCUT2D eigenvalue weighted by atomic mass is 35.5. The topological polar surface area (TPSA) is 68.5 Å². The Hall–Kier alpha value is -0.850. The van der Waals surface area contributed by atoms with Gasteiger partial charge in [0.2, 0.25) is 0 Å². The standard InChI is InChI=1S/C11H17N3O2S.ClH/c1-2-16-10(15)7-14(8-3-4-8)6-9-5-13-11(12)17-9;/h5,8H,2-4,6-7H2,1H3,(H2,12,13);1H. The Kier molecular flexibility index (Phi) is 5.84. The highest BCUT2D eigenvalue weighted by molar-refractivity contribution is 7.15. The van der Waals surface area contributed by atoms with Crippen LogP contribution in [0.4, 0.5) is 5.13 Å². The Morgan fingerprint density at radius 1 is 1.67 bits per heavy atom. The number of anilines is 1. The lowest BCUT2D eigenvalue weighted by molar-refractivity contribution is -0.144. The molecule has 1 heterocycles. The minimum absolute atomic E-state index is 0. The number of thiazole rings is 1. The van der Waals surface area contributed by atoms with Crippen molar-refractivity contribution in [1.29, 1.82) is 0 Å². The maximum atomic E-state index is 11.5. The van der Waals surface area contributed by atoms with E-state index in [2.05, 4.69) is 9.88 Å². The van der Waals surface area contributed by atoms with Crippen LogP contribution in [0.25, 0.3) is 0 Å². The van der Waals surface area contributed by atoms with Crippen LogP contribution in [-0.4, -0.2) is 35.0 Å². The third-order valence-electron chi connectivity index (χ3n) is 2.63. The fraction of sp³-hybridized carbons (Fsp3) is 0.636. The third-order valence-corrected chi connectivity index (χ3v) is 3.44. The van der Waals surface area contributed by atoms with E-state index < -0.39 is 0 Å². The fourth-order valence-electron chi connectivity index (χ4n) is 1.72. The van der Waals surface area contributed by atoms with E-state index in [0.717, 1.165) is 24.3 Å². The SMILES string of the molecule is CCOC(=O)CN(Cc1cnc(N)s1)C1CC1.Cl. The molecule has 0 aromatic carbocycles. The Bertz CT molecular complexity index is 395. The maximum Gasteiger partial charge on any atom is 0.320 e. The zero-order valence-electron chi connectivity index (χ0n) is 10.3. The maximum absolute atomic E-state index is 11.5. The van der Waals surface area contributed by atoms with Crippen LogP contribution in [0.5, 0.6) is 0 Å². The summed E-state index contributed by atoms with van der Waals surface area (Å²) in [6, 6.07) is 0.516. The predicted molar refractivity (Wildman–Crippen MR) is 73.8 cm³/mol. The molecule has 0 unspecified atom stereocenters. The molecule has 0 saturated heterocycles. The first kappa shape index (κ1) is 15.2. The van der Waals surface area contributed by atoms with Gasteiger partial charge < -0.3 is 10.5 Å². The molecule has 1 fully saturated rings. The van der Waals surface area contributed by atoms with Crippen LogP contribution < -0.4 is 5.73 Å². The van der Waals surface area contributed by atoms with Crippen LogP contribution in [0.2, 0.25) is 0 Å². The van der Waals surface area contributed by atoms with E-state index in [0.29, 0.717) is 24.3 Å². The van der Waals surface area contributed by atoms with Crippen LogP contribution in [0.15, 0.2) is 6.20 Å². The second-order valence-corrected chi connectivity index (χ2v) is 5.25. The van der Waals surface area contributed by atoms with Gasteiger partial charge in [0.25, 0.3) is 0 Å². The van der Waals surface area contributed by atoms with Crippen molar-refractivity contribution < 1.29 is 9.53 Å². The average Bonchev–Trinajstić information content (AvgIpc) is 3.03. The molecule has 1 aromatic rings. The fourth-order valence-corrected chi connectivity index (χ4v) is 2.43. The highest BCUT2D eigenvalue weighted by Gasteiger charge is 2.30. The summed E-state index contributed by atoms with van der Waals surface area (Å²) >= 11 is 1.47. The van der Waals surface area contributed by atoms with Gasteiger partial charge in [-0.05, 0) is 19.8 Å². The number of ether oxygens (including phenoxy) is 1. The molecule has 2 rings (SSSR count). The Morgan fingerprint density at radius 2 is 2.39 bits per heavy atom. The van der Waals surface area contributed by atoms with Crippen LogP contribution >= 0.6 is 23.7 Å². The summed E-state index contributed by atoms with van der Waals surface area (Å²) < 4.78 is 4.98. The molecule has 0 bridgehead atoms. The first-order valence-electron chi connectivity index (χ1n) is 5.79. The molecular weight excluding hydrogens is 274 g/mol. The summed E-state index contributed by atoms with van der Waals surface area (Å²) in [5.41, 5.74) is 5.59. The summed E-state index contributed by atoms with van der Waals surface area (Å²) in [6.07, 6.45) is 4.10. The highest BCUT2D eigenvalue weighted by Crippen LogP contribution is 2.29. The number of hydrogen-bond acceptors (Lipinski definition) is 6. The molecule has 7 heteroatoms. The van der Waals surface area contributed by atoms with Gasteiger partial charge in [0.05, 0.1) is 13.2 Å². The van der Waals surface area contributed by atoms with Crippen molar-refractivity contribution in [2.24, 2.45) is 0 Å². The van der Waals surface area contributed by atoms with Crippen LogP contribution in [0.3, 0.4) is 0 Å². The van der Waals surface area contributed by atoms with Gasteiger partial charge in [0.15, 0.2) is 5.13 Å². The lowest BCUT2D eigenvalue weighted by Crippen LogP contribution is -2.32. The van der Waals surface area contributed by atoms with Crippen LogP contribution in [0.1, 0.15) is 24.6 Å². The number of nitrogens with two attached hydrogens (primary N) is 1. The summed E-state index contributed by atoms with van der Waals surface area (Å²) in [4.78, 5) is 18.7. The number of halogens is 1. The molecule has 1 aromatic heterocycles. The average molecular weight is 292 g/mol. The second kappa shape index (κ2) is 6.92. The summed E-state index contributed by atoms with van der Waals surface area (Å²) in [7, 11) is 0. The summed E-state index contributed by atoms with van der Waals surface area (Å²) in [6.45, 7) is 3.35. The number of nitrogens with zero attached hydrogens (tertiary/aromatic N) is 2. The number of carbonyl (C=O) groups is 1. The molecule has 1 aliphatic rings. The van der Waals surface area contributed by atoms with E-state index >= 15 is 0 Å². The molecule has 2 N–H and O–H groups in total. The molecule has 5 nitrogen and oxygen atoms in total. The van der Waals surface area contributed by atoms with E-state index in [1.807, 2.05) is 6.92 Å². The Balaban J connectivity index is 0.00000162. The minimum Gasteiger partial charge on any atom is -0.465 e. The Morgan fingerprint density at radius 3 is 2.89 bits per heavy atom. The zero-order valence-corrected chi connectivity index (χ0v) is 11.9. The zero-order chi connectivity index (χ0) is 12.3. The number of aromatic nitrogens is 1. The van der Waals surface area contributed by atoms with Gasteiger partial charge in [-0.1, -0.05) is 0 Å². The van der Waals surface area contributed by atoms with E-state index in [4.69, 9.17) is 10.5 Å². The lowest BCUT2D eigenvalue weighted by Gasteiger charge is -2.19. The second-order valence-electron chi connectivity index (χ2n) is 4.11. The van der Waals surface area contributed by atoms with E-state index in [9.17, 15) is 4.79 Å². The molecule has 0 radical (unpaired) electrons. The molecular formula is C11H18ClN3O2S. The van der Waals surface area contributed by atoms with E-state index in [1.54, 1.807) is 6.20 Å². The van der Waals surface area contributed by atoms with Gasteiger partial charge in [-0.15, -0.1) is 23.7 Å². The molecule has 0 atom stereocenters. The quantitative estimate of drug-likeness (QED) is 0.808. The van der Waals surface area contributed by atoms with Gasteiger partial charge in [0, 0.05) is 23.7 Å². The number of carbonyl (C=O) groups excluding carboxylic acids is 1. The van der Waals surface area contributed by atoms with Crippen molar-refractivity contribution in [3.8, 4) is 0 Å². The number of nitrogen functional groups attached to an aromatic ring is 1. The third kappa shape index (κ3) is 4.44. The molecule has 1 saturated carbocycles. The van der Waals surface area contributed by atoms with Crippen LogP contribution in [-0.2, 0) is 16.1 Å². The van der Waals surface area contributed by atoms with Gasteiger partial charge in [-0.2, -0.15) is 0 Å². The van der Waals surface area contributed by atoms with Crippen molar-refractivity contribution in [3.63, 3.8) is 0 Å². The van der Waals surface area contributed by atoms with Gasteiger partial charge in [-0.3, -0.25) is 9.69 Å². The van der Waals surface area contributed by atoms with Gasteiger partial charge in [0.1, 0.15) is 0 Å². The lowest BCUT2D eigenvalue weighted by atomic mass is 10.4. The van der Waals surface area contributed by atoms with Gasteiger partial charge in [-0.25, -0.2) is 4.98 Å². The molecule has 0 amide bonds. The molecule has 0 spiro atoms. The summed E-state index contributed by atoms with van der Waals surface area (Å²) in [5, 5.41) is 0.576. The smallest absolute Gasteiger partial charge is 0.320 e. The monoisotopic (exact) mass is 291 g/mol. The van der Waals surface area contributed by atoms with Crippen molar-refractivity contribution in [2.45, 2.75) is 32.4 Å². The van der Waals surface area contributed by atoms with E-state index in [1.165, 1.54) is 11.3 Å². The molecule has 102 valence electrons. The first-order chi connectivity index (χ1) is 8.19. The molecule has 0 aliphatic heterocycles. The first-order valence-corrected chi connectivity index (χ1v) is 6.60. The van der Waals surface area contributed by atoms with Crippen LogP contribution in [0, 0.1) is 0 Å². The van der Waals surface area contributed by atoms with Crippen molar-refractivity contribution in [1.82, 2.24) is 9.88 Å². The molecule has 1 aliphatic carbocycles. The number of esters is 1.